The van der Waals surface area contributed by atoms with Gasteiger partial charge in [-0.1, -0.05) is 13.8 Å². The smallest absolute Gasteiger partial charge is 0.0624 e. The van der Waals surface area contributed by atoms with Crippen molar-refractivity contribution in [3.05, 3.63) is 0 Å². The van der Waals surface area contributed by atoms with Gasteiger partial charge >= 0.3 is 0 Å². The minimum Gasteiger partial charge on any atom is -0.380 e. The molecule has 4 unspecified atom stereocenters. The van der Waals surface area contributed by atoms with Crippen molar-refractivity contribution in [3.63, 3.8) is 0 Å². The van der Waals surface area contributed by atoms with E-state index in [0.29, 0.717) is 24.2 Å². The number of likely N-dealkylation sites (N-methyl/N-ethyl adjacent to an activating group) is 1. The Kier molecular flexibility index (Phi) is 4.62. The van der Waals surface area contributed by atoms with E-state index in [2.05, 4.69) is 19.2 Å². The number of fused-ring (bicyclic) bond motifs is 2. The first-order valence-corrected chi connectivity index (χ1v) is 6.81. The van der Waals surface area contributed by atoms with Crippen molar-refractivity contribution in [2.24, 2.45) is 5.92 Å². The Morgan fingerprint density at radius 3 is 2.81 bits per heavy atom. The zero-order valence-electron chi connectivity index (χ0n) is 10.6. The Labute approximate surface area is 98.9 Å². The molecule has 0 aromatic heterocycles. The normalized spacial score (nSPS) is 34.5. The van der Waals surface area contributed by atoms with E-state index in [9.17, 15) is 0 Å². The molecular weight excluding hydrogens is 202 g/mol. The molecule has 2 aliphatic heterocycles. The lowest BCUT2D eigenvalue weighted by Gasteiger charge is -2.28. The minimum absolute atomic E-state index is 0.492. The summed E-state index contributed by atoms with van der Waals surface area (Å²) in [6.45, 7) is 7.07. The standard InChI is InChI=1S/C13H25NO2/c1-3-7-15-9-12(14-4-2)11-8-10-5-6-13(11)16-10/h10-14H,3-9H2,1-2H3. The summed E-state index contributed by atoms with van der Waals surface area (Å²) in [5, 5.41) is 3.56. The molecule has 2 saturated heterocycles. The first-order valence-electron chi connectivity index (χ1n) is 6.81. The fraction of sp³-hybridized carbons (Fsp3) is 1.00. The van der Waals surface area contributed by atoms with Gasteiger partial charge in [-0.3, -0.25) is 0 Å². The lowest BCUT2D eigenvalue weighted by atomic mass is 9.84. The summed E-state index contributed by atoms with van der Waals surface area (Å²) in [6.07, 6.45) is 5.91. The molecule has 0 spiro atoms. The lowest BCUT2D eigenvalue weighted by Crippen LogP contribution is -2.44. The van der Waals surface area contributed by atoms with Crippen LogP contribution in [-0.4, -0.2) is 38.0 Å². The molecule has 0 aromatic rings. The maximum Gasteiger partial charge on any atom is 0.0624 e. The highest BCUT2D eigenvalue weighted by atomic mass is 16.5. The maximum absolute atomic E-state index is 5.92. The van der Waals surface area contributed by atoms with E-state index in [0.717, 1.165) is 26.2 Å². The van der Waals surface area contributed by atoms with Crippen LogP contribution in [0.5, 0.6) is 0 Å². The van der Waals surface area contributed by atoms with E-state index in [1.165, 1.54) is 19.3 Å². The fourth-order valence-corrected chi connectivity index (χ4v) is 3.05. The van der Waals surface area contributed by atoms with Crippen LogP contribution in [0, 0.1) is 5.92 Å². The Bertz CT molecular complexity index is 210. The monoisotopic (exact) mass is 227 g/mol. The first kappa shape index (κ1) is 12.3. The molecule has 2 rings (SSSR count). The van der Waals surface area contributed by atoms with Crippen molar-refractivity contribution in [1.82, 2.24) is 5.32 Å². The van der Waals surface area contributed by atoms with Crippen LogP contribution in [0.3, 0.4) is 0 Å². The number of ether oxygens (including phenoxy) is 2. The van der Waals surface area contributed by atoms with Crippen molar-refractivity contribution < 1.29 is 9.47 Å². The molecule has 3 heteroatoms. The third kappa shape index (κ3) is 2.76. The molecule has 0 aliphatic carbocycles. The Morgan fingerprint density at radius 1 is 1.38 bits per heavy atom. The zero-order valence-corrected chi connectivity index (χ0v) is 10.6. The predicted octanol–water partition coefficient (Wildman–Crippen LogP) is 1.96. The van der Waals surface area contributed by atoms with E-state index in [1.54, 1.807) is 0 Å². The van der Waals surface area contributed by atoms with Gasteiger partial charge in [0.05, 0.1) is 18.8 Å². The van der Waals surface area contributed by atoms with Crippen LogP contribution >= 0.6 is 0 Å². The van der Waals surface area contributed by atoms with Crippen LogP contribution in [0.25, 0.3) is 0 Å². The molecule has 4 atom stereocenters. The van der Waals surface area contributed by atoms with E-state index in [1.807, 2.05) is 0 Å². The van der Waals surface area contributed by atoms with Crippen molar-refractivity contribution >= 4 is 0 Å². The molecule has 3 nitrogen and oxygen atoms in total. The van der Waals surface area contributed by atoms with E-state index in [4.69, 9.17) is 9.47 Å². The molecule has 2 heterocycles. The van der Waals surface area contributed by atoms with Crippen LogP contribution in [0.1, 0.15) is 39.5 Å². The molecule has 94 valence electrons. The Balaban J connectivity index is 1.81. The quantitative estimate of drug-likeness (QED) is 0.674. The van der Waals surface area contributed by atoms with Crippen LogP contribution in [0.4, 0.5) is 0 Å². The summed E-state index contributed by atoms with van der Waals surface area (Å²) in [5.41, 5.74) is 0. The first-order chi connectivity index (χ1) is 7.85. The van der Waals surface area contributed by atoms with Gasteiger partial charge in [-0.05, 0) is 32.2 Å². The third-order valence-electron chi connectivity index (χ3n) is 3.78. The van der Waals surface area contributed by atoms with Crippen molar-refractivity contribution in [1.29, 1.82) is 0 Å². The average molecular weight is 227 g/mol. The predicted molar refractivity (Wildman–Crippen MR) is 64.6 cm³/mol. The average Bonchev–Trinajstić information content (AvgIpc) is 2.90. The molecule has 0 aromatic carbocycles. The van der Waals surface area contributed by atoms with E-state index >= 15 is 0 Å². The van der Waals surface area contributed by atoms with E-state index < -0.39 is 0 Å². The second-order valence-electron chi connectivity index (χ2n) is 5.01. The SMILES string of the molecule is CCCOCC(NCC)C1CC2CCC1O2. The molecule has 16 heavy (non-hydrogen) atoms. The number of rotatable bonds is 7. The highest BCUT2D eigenvalue weighted by Crippen LogP contribution is 2.40. The topological polar surface area (TPSA) is 30.5 Å². The number of nitrogens with one attached hydrogen (secondary N) is 1. The highest BCUT2D eigenvalue weighted by Gasteiger charge is 2.44. The summed E-state index contributed by atoms with van der Waals surface area (Å²) >= 11 is 0. The van der Waals surface area contributed by atoms with Gasteiger partial charge in [0, 0.05) is 18.6 Å². The van der Waals surface area contributed by atoms with Crippen LogP contribution in [0.2, 0.25) is 0 Å². The maximum atomic E-state index is 5.92. The van der Waals surface area contributed by atoms with Gasteiger partial charge in [0.2, 0.25) is 0 Å². The van der Waals surface area contributed by atoms with Crippen molar-refractivity contribution in [2.75, 3.05) is 19.8 Å². The largest absolute Gasteiger partial charge is 0.380 e. The Hall–Kier alpha value is -0.120. The number of hydrogen-bond acceptors (Lipinski definition) is 3. The molecule has 0 amide bonds. The fourth-order valence-electron chi connectivity index (χ4n) is 3.05. The Morgan fingerprint density at radius 2 is 2.25 bits per heavy atom. The summed E-state index contributed by atoms with van der Waals surface area (Å²) in [7, 11) is 0. The molecule has 0 radical (unpaired) electrons. The van der Waals surface area contributed by atoms with Gasteiger partial charge in [0.25, 0.3) is 0 Å². The molecule has 0 saturated carbocycles. The van der Waals surface area contributed by atoms with Crippen LogP contribution in [-0.2, 0) is 9.47 Å². The van der Waals surface area contributed by atoms with Gasteiger partial charge in [0.15, 0.2) is 0 Å². The van der Waals surface area contributed by atoms with Crippen LogP contribution < -0.4 is 5.32 Å². The van der Waals surface area contributed by atoms with Gasteiger partial charge in [0.1, 0.15) is 0 Å². The molecule has 2 fully saturated rings. The van der Waals surface area contributed by atoms with Crippen molar-refractivity contribution in [3.8, 4) is 0 Å². The van der Waals surface area contributed by atoms with Gasteiger partial charge in [-0.2, -0.15) is 0 Å². The molecule has 2 bridgehead atoms. The van der Waals surface area contributed by atoms with E-state index in [-0.39, 0.29) is 0 Å². The minimum atomic E-state index is 0.492. The van der Waals surface area contributed by atoms with Crippen LogP contribution in [0.15, 0.2) is 0 Å². The molecular formula is C13H25NO2. The second kappa shape index (κ2) is 5.99. The van der Waals surface area contributed by atoms with Gasteiger partial charge in [-0.15, -0.1) is 0 Å². The zero-order chi connectivity index (χ0) is 11.4. The molecule has 2 aliphatic rings. The molecule has 1 N–H and O–H groups in total. The highest BCUT2D eigenvalue weighted by molar-refractivity contribution is 4.95. The summed E-state index contributed by atoms with van der Waals surface area (Å²) < 4.78 is 11.6. The second-order valence-corrected chi connectivity index (χ2v) is 5.01. The van der Waals surface area contributed by atoms with Gasteiger partial charge in [-0.25, -0.2) is 0 Å². The summed E-state index contributed by atoms with van der Waals surface area (Å²) in [6, 6.07) is 0.492. The third-order valence-corrected chi connectivity index (χ3v) is 3.78. The number of hydrogen-bond donors (Lipinski definition) is 1. The van der Waals surface area contributed by atoms with Crippen molar-refractivity contribution in [2.45, 2.75) is 57.8 Å². The summed E-state index contributed by atoms with van der Waals surface area (Å²) in [5.74, 6) is 0.676. The lowest BCUT2D eigenvalue weighted by molar-refractivity contribution is 0.0580. The summed E-state index contributed by atoms with van der Waals surface area (Å²) in [4.78, 5) is 0. The van der Waals surface area contributed by atoms with Gasteiger partial charge < -0.3 is 14.8 Å².